The van der Waals surface area contributed by atoms with Crippen LogP contribution in [0.2, 0.25) is 5.02 Å². The summed E-state index contributed by atoms with van der Waals surface area (Å²) < 4.78 is 7.13. The van der Waals surface area contributed by atoms with Gasteiger partial charge in [0.05, 0.1) is 57.8 Å². The Bertz CT molecular complexity index is 1610. The van der Waals surface area contributed by atoms with E-state index in [4.69, 9.17) is 27.1 Å². The van der Waals surface area contributed by atoms with Crippen molar-refractivity contribution in [3.8, 4) is 29.1 Å². The molecule has 2 aromatic heterocycles. The summed E-state index contributed by atoms with van der Waals surface area (Å²) in [6.45, 7) is 0. The Morgan fingerprint density at radius 3 is 2.42 bits per heavy atom. The fourth-order valence-corrected chi connectivity index (χ4v) is 5.29. The summed E-state index contributed by atoms with van der Waals surface area (Å²) in [5, 5.41) is 24.6. The number of methoxy groups -OCH3 is 1. The van der Waals surface area contributed by atoms with Crippen LogP contribution in [0.25, 0.3) is 16.9 Å². The average Bonchev–Trinajstić information content (AvgIpc) is 3.27. The van der Waals surface area contributed by atoms with Crippen molar-refractivity contribution in [3.05, 3.63) is 106 Å². The average molecular weight is 511 g/mol. The van der Waals surface area contributed by atoms with Crippen LogP contribution < -0.4 is 15.8 Å². The van der Waals surface area contributed by atoms with Gasteiger partial charge in [-0.1, -0.05) is 41.6 Å². The summed E-state index contributed by atoms with van der Waals surface area (Å²) in [7, 11) is 1.60. The van der Waals surface area contributed by atoms with Crippen LogP contribution in [0, 0.1) is 22.7 Å². The van der Waals surface area contributed by atoms with Gasteiger partial charge in [0.2, 0.25) is 0 Å². The highest BCUT2D eigenvalue weighted by atomic mass is 35.5. The lowest BCUT2D eigenvalue weighted by molar-refractivity contribution is 0.415. The molecule has 0 saturated heterocycles. The first kappa shape index (κ1) is 23.4. The van der Waals surface area contributed by atoms with Gasteiger partial charge in [0, 0.05) is 16.7 Å². The SMILES string of the molecule is COc1ccc(-c2nc3ccc(Cl)cn3c2C2C(C#N)=C(N)NC(Sc3ccccc3)=C2C#N)cc1. The predicted octanol–water partition coefficient (Wildman–Crippen LogP) is 5.57. The van der Waals surface area contributed by atoms with Crippen LogP contribution >= 0.6 is 23.4 Å². The number of nitriles is 2. The molecule has 1 aliphatic heterocycles. The fourth-order valence-electron chi connectivity index (χ4n) is 4.16. The number of pyridine rings is 1. The van der Waals surface area contributed by atoms with Crippen LogP contribution in [0.15, 0.2) is 99.8 Å². The molecule has 0 saturated carbocycles. The van der Waals surface area contributed by atoms with Crippen LogP contribution in [0.5, 0.6) is 5.75 Å². The second-order valence-corrected chi connectivity index (χ2v) is 9.44. The van der Waals surface area contributed by atoms with Gasteiger partial charge in [0.25, 0.3) is 0 Å². The van der Waals surface area contributed by atoms with Gasteiger partial charge in [-0.25, -0.2) is 4.98 Å². The second-order valence-electron chi connectivity index (χ2n) is 7.92. The van der Waals surface area contributed by atoms with E-state index in [2.05, 4.69) is 17.5 Å². The molecule has 3 heterocycles. The summed E-state index contributed by atoms with van der Waals surface area (Å²) >= 11 is 7.75. The number of ether oxygens (including phenoxy) is 1. The number of nitrogens with one attached hydrogen (secondary N) is 1. The number of halogens is 1. The predicted molar refractivity (Wildman–Crippen MR) is 140 cm³/mol. The zero-order chi connectivity index (χ0) is 25.2. The number of allylic oxidation sites excluding steroid dienone is 2. The molecule has 1 atom stereocenters. The highest BCUT2D eigenvalue weighted by Crippen LogP contribution is 2.44. The molecule has 3 N–H and O–H groups in total. The minimum absolute atomic E-state index is 0.192. The number of imidazole rings is 1. The molecule has 0 fully saturated rings. The molecule has 7 nitrogen and oxygen atoms in total. The van der Waals surface area contributed by atoms with Crippen LogP contribution in [0.1, 0.15) is 11.6 Å². The smallest absolute Gasteiger partial charge is 0.137 e. The van der Waals surface area contributed by atoms with Crippen molar-refractivity contribution in [1.29, 1.82) is 10.5 Å². The Morgan fingerprint density at radius 2 is 1.75 bits per heavy atom. The number of fused-ring (bicyclic) bond motifs is 1. The zero-order valence-corrected chi connectivity index (χ0v) is 20.6. The highest BCUT2D eigenvalue weighted by Gasteiger charge is 2.36. The number of hydrogen-bond donors (Lipinski definition) is 2. The van der Waals surface area contributed by atoms with E-state index in [1.54, 1.807) is 25.4 Å². The number of nitrogens with zero attached hydrogens (tertiary/aromatic N) is 4. The minimum atomic E-state index is -0.766. The van der Waals surface area contributed by atoms with Gasteiger partial charge in [0.1, 0.15) is 17.2 Å². The summed E-state index contributed by atoms with van der Waals surface area (Å²) in [5.41, 5.74) is 9.64. The fraction of sp³-hybridized carbons (Fsp3) is 0.0741. The van der Waals surface area contributed by atoms with Gasteiger partial charge in [-0.2, -0.15) is 10.5 Å². The second kappa shape index (κ2) is 9.71. The molecule has 1 unspecified atom stereocenters. The van der Waals surface area contributed by atoms with Crippen LogP contribution in [0.3, 0.4) is 0 Å². The van der Waals surface area contributed by atoms with Gasteiger partial charge in [-0.15, -0.1) is 0 Å². The number of nitrogens with two attached hydrogens (primary N) is 1. The largest absolute Gasteiger partial charge is 0.497 e. The zero-order valence-electron chi connectivity index (χ0n) is 19.1. The van der Waals surface area contributed by atoms with Crippen LogP contribution in [-0.2, 0) is 0 Å². The Hall–Kier alpha value is -4.37. The van der Waals surface area contributed by atoms with E-state index in [-0.39, 0.29) is 11.4 Å². The van der Waals surface area contributed by atoms with Crippen molar-refractivity contribution in [1.82, 2.24) is 14.7 Å². The van der Waals surface area contributed by atoms with Gasteiger partial charge in [-0.3, -0.25) is 0 Å². The lowest BCUT2D eigenvalue weighted by Crippen LogP contribution is -2.30. The molecule has 9 heteroatoms. The summed E-state index contributed by atoms with van der Waals surface area (Å²) in [6, 6.07) is 25.2. The summed E-state index contributed by atoms with van der Waals surface area (Å²) in [6.07, 6.45) is 1.73. The van der Waals surface area contributed by atoms with E-state index < -0.39 is 5.92 Å². The van der Waals surface area contributed by atoms with Gasteiger partial charge in [-0.05, 0) is 48.5 Å². The standard InChI is InChI=1S/C27H19ClN6OS/c1-35-18-10-7-16(8-11-18)24-25(34-15-17(28)9-12-22(34)32-24)23-20(13-29)26(31)33-27(21(23)14-30)36-19-5-3-2-4-6-19/h2-12,15,23,33H,31H2,1H3. The first-order valence-corrected chi connectivity index (χ1v) is 12.1. The Labute approximate surface area is 217 Å². The maximum absolute atomic E-state index is 10.4. The number of hydrogen-bond acceptors (Lipinski definition) is 7. The van der Waals surface area contributed by atoms with Gasteiger partial charge in [0.15, 0.2) is 0 Å². The molecule has 0 aliphatic carbocycles. The molecule has 4 aromatic rings. The molecular weight excluding hydrogens is 492 g/mol. The molecule has 2 aromatic carbocycles. The summed E-state index contributed by atoms with van der Waals surface area (Å²) in [4.78, 5) is 5.78. The summed E-state index contributed by atoms with van der Waals surface area (Å²) in [5.74, 6) is 0.130. The highest BCUT2D eigenvalue weighted by molar-refractivity contribution is 8.03. The Morgan fingerprint density at radius 1 is 1.03 bits per heavy atom. The maximum Gasteiger partial charge on any atom is 0.137 e. The van der Waals surface area contributed by atoms with Crippen molar-refractivity contribution in [2.45, 2.75) is 10.8 Å². The van der Waals surface area contributed by atoms with Crippen molar-refractivity contribution in [2.24, 2.45) is 5.73 Å². The van der Waals surface area contributed by atoms with Crippen LogP contribution in [0.4, 0.5) is 0 Å². The van der Waals surface area contributed by atoms with E-state index >= 15 is 0 Å². The lowest BCUT2D eigenvalue weighted by atomic mass is 9.85. The Kier molecular flexibility index (Phi) is 6.30. The number of benzene rings is 2. The molecule has 0 bridgehead atoms. The topological polar surface area (TPSA) is 112 Å². The maximum atomic E-state index is 10.4. The monoisotopic (exact) mass is 510 g/mol. The van der Waals surface area contributed by atoms with E-state index in [1.165, 1.54) is 11.8 Å². The Balaban J connectivity index is 1.78. The number of dihydropyridines is 1. The molecule has 0 radical (unpaired) electrons. The third-order valence-corrected chi connectivity index (χ3v) is 7.08. The molecular formula is C27H19ClN6OS. The quantitative estimate of drug-likeness (QED) is 0.361. The first-order chi connectivity index (χ1) is 17.5. The lowest BCUT2D eigenvalue weighted by Gasteiger charge is -2.27. The third kappa shape index (κ3) is 4.14. The number of aromatic nitrogens is 2. The molecule has 176 valence electrons. The van der Waals surface area contributed by atoms with Gasteiger partial charge < -0.3 is 20.2 Å². The van der Waals surface area contributed by atoms with Crippen LogP contribution in [-0.4, -0.2) is 16.5 Å². The van der Waals surface area contributed by atoms with E-state index in [0.717, 1.165) is 10.5 Å². The normalized spacial score (nSPS) is 15.4. The number of rotatable bonds is 5. The molecule has 0 amide bonds. The molecule has 1 aliphatic rings. The van der Waals surface area contributed by atoms with Gasteiger partial charge >= 0.3 is 0 Å². The third-order valence-electron chi connectivity index (χ3n) is 5.82. The molecule has 5 rings (SSSR count). The number of thioether (sulfide) groups is 1. The van der Waals surface area contributed by atoms with Crippen molar-refractivity contribution >= 4 is 29.0 Å². The first-order valence-electron chi connectivity index (χ1n) is 10.9. The molecule has 0 spiro atoms. The molecule has 36 heavy (non-hydrogen) atoms. The van der Waals surface area contributed by atoms with E-state index in [1.807, 2.05) is 59.0 Å². The minimum Gasteiger partial charge on any atom is -0.497 e. The van der Waals surface area contributed by atoms with E-state index in [9.17, 15) is 10.5 Å². The van der Waals surface area contributed by atoms with Crippen molar-refractivity contribution < 1.29 is 4.74 Å². The van der Waals surface area contributed by atoms with E-state index in [0.29, 0.717) is 38.4 Å². The van der Waals surface area contributed by atoms with Crippen molar-refractivity contribution in [2.75, 3.05) is 7.11 Å². The van der Waals surface area contributed by atoms with Crippen molar-refractivity contribution in [3.63, 3.8) is 0 Å².